The zero-order valence-electron chi connectivity index (χ0n) is 34.8. The molecule has 0 saturated carbocycles. The average Bonchev–Trinajstić information content (AvgIpc) is 3.06. The second-order valence-electron chi connectivity index (χ2n) is 15.6. The molecular weight excluding hydrogens is 686 g/mol. The van der Waals surface area contributed by atoms with Crippen molar-refractivity contribution in [2.45, 2.75) is 124 Å². The van der Waals surface area contributed by atoms with E-state index >= 15 is 0 Å². The van der Waals surface area contributed by atoms with Gasteiger partial charge in [0.25, 0.3) is 0 Å². The highest BCUT2D eigenvalue weighted by Gasteiger charge is 2.44. The number of hydrogen-bond donors (Lipinski definition) is 0. The normalized spacial score (nSPS) is 20.2. The number of cyclic esters (lactones) is 1. The Morgan fingerprint density at radius 1 is 0.849 bits per heavy atom. The third-order valence-corrected chi connectivity index (χ3v) is 9.45. The van der Waals surface area contributed by atoms with Crippen molar-refractivity contribution in [1.29, 1.82) is 0 Å². The molecule has 0 unspecified atom stereocenters. The Hall–Kier alpha value is -3.65. The zero-order valence-corrected chi connectivity index (χ0v) is 34.8. The molecule has 13 nitrogen and oxygen atoms in total. The predicted octanol–water partition coefficient (Wildman–Crippen LogP) is 7.98. The lowest BCUT2D eigenvalue weighted by molar-refractivity contribution is -0.148. The van der Waals surface area contributed by atoms with Gasteiger partial charge in [-0.3, -0.25) is 0 Å². The summed E-state index contributed by atoms with van der Waals surface area (Å²) in [7, 11) is 9.35. The third kappa shape index (κ3) is 11.4. The number of imide groups is 1. The van der Waals surface area contributed by atoms with Crippen LogP contribution in [0.15, 0.2) is 35.4 Å². The number of methoxy groups -OCH3 is 6. The molecule has 7 atom stereocenters. The van der Waals surface area contributed by atoms with Crippen LogP contribution < -0.4 is 14.4 Å². The van der Waals surface area contributed by atoms with E-state index in [0.717, 1.165) is 16.0 Å². The number of benzene rings is 1. The van der Waals surface area contributed by atoms with Gasteiger partial charge in [0, 0.05) is 52.1 Å². The summed E-state index contributed by atoms with van der Waals surface area (Å²) >= 11 is 0. The first kappa shape index (κ1) is 45.5. The van der Waals surface area contributed by atoms with E-state index < -0.39 is 59.4 Å². The first-order valence-electron chi connectivity index (χ1n) is 17.7. The van der Waals surface area contributed by atoms with E-state index in [0.29, 0.717) is 17.7 Å². The Morgan fingerprint density at radius 2 is 1.42 bits per heavy atom. The Bertz CT molecular complexity index is 1460. The summed E-state index contributed by atoms with van der Waals surface area (Å²) in [5.74, 6) is -0.356. The van der Waals surface area contributed by atoms with Crippen molar-refractivity contribution < 1.29 is 57.0 Å². The number of nitrogens with zero attached hydrogens (tertiary/aromatic N) is 1. The highest BCUT2D eigenvalue weighted by atomic mass is 16.6. The molecule has 0 aromatic heterocycles. The van der Waals surface area contributed by atoms with Crippen LogP contribution in [0.1, 0.15) is 94.2 Å². The van der Waals surface area contributed by atoms with Gasteiger partial charge < -0.3 is 42.6 Å². The molecule has 0 bridgehead atoms. The van der Waals surface area contributed by atoms with Crippen LogP contribution in [0, 0.1) is 11.8 Å². The molecule has 0 radical (unpaired) electrons. The van der Waals surface area contributed by atoms with Crippen molar-refractivity contribution in [2.75, 3.05) is 47.6 Å². The number of esters is 1. The van der Waals surface area contributed by atoms with Gasteiger partial charge in [0.1, 0.15) is 34.5 Å². The standard InChI is InChI=1S/C40H63NO12/c1-23(22-40(11,50-17)35(49-16)26(4)24(2)25(3)33-30(46-13)18-19-31(42)51-33)32(47-14)28-20-27(45-12)21-29(34(28)48-15)41(36(43)52-38(5,6)7)37(44)53-39(8,9)10/h18-21,23,26,30,32-33,35H,22H2,1-17H3/b25-24+/t23-,26-,30-,32-,33-,35+,40+/m0/s1. The van der Waals surface area contributed by atoms with E-state index in [1.165, 1.54) is 26.4 Å². The summed E-state index contributed by atoms with van der Waals surface area (Å²) in [6.45, 7) is 20.2. The van der Waals surface area contributed by atoms with E-state index in [2.05, 4.69) is 0 Å². The summed E-state index contributed by atoms with van der Waals surface area (Å²) in [6.07, 6.45) is -0.529. The number of hydrogen-bond acceptors (Lipinski definition) is 12. The molecule has 1 aliphatic heterocycles. The number of ether oxygens (including phenoxy) is 9. The van der Waals surface area contributed by atoms with Gasteiger partial charge >= 0.3 is 18.2 Å². The van der Waals surface area contributed by atoms with Crippen molar-refractivity contribution in [2.24, 2.45) is 11.8 Å². The fourth-order valence-electron chi connectivity index (χ4n) is 6.78. The number of anilines is 1. The molecule has 13 heteroatoms. The molecule has 0 saturated heterocycles. The predicted molar refractivity (Wildman–Crippen MR) is 202 cm³/mol. The minimum atomic E-state index is -0.954. The second-order valence-corrected chi connectivity index (χ2v) is 15.6. The van der Waals surface area contributed by atoms with Crippen LogP contribution in [-0.4, -0.2) is 95.9 Å². The van der Waals surface area contributed by atoms with Gasteiger partial charge in [-0.1, -0.05) is 19.4 Å². The van der Waals surface area contributed by atoms with Crippen LogP contribution in [0.4, 0.5) is 15.3 Å². The van der Waals surface area contributed by atoms with Crippen LogP contribution in [0.3, 0.4) is 0 Å². The molecule has 53 heavy (non-hydrogen) atoms. The third-order valence-electron chi connectivity index (χ3n) is 9.45. The molecule has 2 amide bonds. The summed E-state index contributed by atoms with van der Waals surface area (Å²) in [5, 5.41) is 0. The summed E-state index contributed by atoms with van der Waals surface area (Å²) < 4.78 is 52.8. The first-order chi connectivity index (χ1) is 24.5. The number of amides is 2. The largest absolute Gasteiger partial charge is 0.497 e. The highest BCUT2D eigenvalue weighted by Crippen LogP contribution is 2.46. The van der Waals surface area contributed by atoms with Crippen molar-refractivity contribution in [1.82, 2.24) is 0 Å². The topological polar surface area (TPSA) is 138 Å². The maximum atomic E-state index is 13.7. The molecule has 1 aromatic carbocycles. The second kappa shape index (κ2) is 18.6. The van der Waals surface area contributed by atoms with Gasteiger partial charge in [0.15, 0.2) is 6.10 Å². The Labute approximate surface area is 316 Å². The Kier molecular flexibility index (Phi) is 16.0. The van der Waals surface area contributed by atoms with Gasteiger partial charge in [-0.15, -0.1) is 0 Å². The molecule has 2 rings (SSSR count). The maximum absolute atomic E-state index is 13.7. The van der Waals surface area contributed by atoms with Gasteiger partial charge in [0.05, 0.1) is 32.0 Å². The number of carbonyl (C=O) groups excluding carboxylic acids is 3. The minimum absolute atomic E-state index is 0.0568. The quantitative estimate of drug-likeness (QED) is 0.0976. The fourth-order valence-corrected chi connectivity index (χ4v) is 6.78. The van der Waals surface area contributed by atoms with Crippen LogP contribution in [0.25, 0.3) is 0 Å². The lowest BCUT2D eigenvalue weighted by Crippen LogP contribution is -2.48. The average molecular weight is 750 g/mol. The Morgan fingerprint density at radius 3 is 1.85 bits per heavy atom. The van der Waals surface area contributed by atoms with Gasteiger partial charge in [-0.25, -0.2) is 14.4 Å². The van der Waals surface area contributed by atoms with E-state index in [1.54, 1.807) is 82.1 Å². The molecule has 300 valence electrons. The monoisotopic (exact) mass is 749 g/mol. The molecule has 0 aliphatic carbocycles. The van der Waals surface area contributed by atoms with Crippen LogP contribution >= 0.6 is 0 Å². The zero-order chi connectivity index (χ0) is 40.6. The molecule has 1 aliphatic rings. The van der Waals surface area contributed by atoms with E-state index in [4.69, 9.17) is 42.6 Å². The smallest absolute Gasteiger partial charge is 0.424 e. The first-order valence-corrected chi connectivity index (χ1v) is 17.7. The lowest BCUT2D eigenvalue weighted by atomic mass is 9.76. The van der Waals surface area contributed by atoms with Gasteiger partial charge in [-0.2, -0.15) is 4.90 Å². The van der Waals surface area contributed by atoms with Crippen molar-refractivity contribution in [3.05, 3.63) is 41.0 Å². The van der Waals surface area contributed by atoms with E-state index in [-0.39, 0.29) is 23.3 Å². The van der Waals surface area contributed by atoms with E-state index in [9.17, 15) is 14.4 Å². The van der Waals surface area contributed by atoms with Crippen molar-refractivity contribution in [3.63, 3.8) is 0 Å². The van der Waals surface area contributed by atoms with E-state index in [1.807, 2.05) is 34.6 Å². The van der Waals surface area contributed by atoms with Gasteiger partial charge in [-0.05, 0) is 92.4 Å². The molecule has 0 spiro atoms. The molecule has 0 fully saturated rings. The van der Waals surface area contributed by atoms with Crippen molar-refractivity contribution >= 4 is 23.8 Å². The number of carbonyl (C=O) groups is 3. The maximum Gasteiger partial charge on any atom is 0.424 e. The molecule has 0 N–H and O–H groups in total. The van der Waals surface area contributed by atoms with Crippen molar-refractivity contribution in [3.8, 4) is 11.5 Å². The fraction of sp³-hybridized carbons (Fsp3) is 0.675. The molecular formula is C40H63NO12. The summed E-state index contributed by atoms with van der Waals surface area (Å²) in [5.41, 5.74) is -0.326. The Balaban J connectivity index is 2.67. The highest BCUT2D eigenvalue weighted by molar-refractivity contribution is 6.11. The minimum Gasteiger partial charge on any atom is -0.497 e. The van der Waals surface area contributed by atoms with Gasteiger partial charge in [0.2, 0.25) is 0 Å². The lowest BCUT2D eigenvalue weighted by Gasteiger charge is -2.42. The molecule has 1 heterocycles. The SMILES string of the molecule is COc1cc([C@@H](OC)[C@@H](C)C[C@@](C)(OC)[C@H](OC)[C@@H](C)/C(C)=C(\C)[C@@H]2OC(=O)C=C[C@@H]2OC)c(OC)c(N(C(=O)OC(C)(C)C)C(=O)OC(C)(C)C)c1. The summed E-state index contributed by atoms with van der Waals surface area (Å²) in [6, 6.07) is 3.26. The molecule has 1 aromatic rings. The summed E-state index contributed by atoms with van der Waals surface area (Å²) in [4.78, 5) is 40.4. The van der Waals surface area contributed by atoms with Crippen LogP contribution in [-0.2, 0) is 38.0 Å². The number of rotatable bonds is 15. The van der Waals surface area contributed by atoms with Crippen LogP contribution in [0.5, 0.6) is 11.5 Å². The van der Waals surface area contributed by atoms with Crippen LogP contribution in [0.2, 0.25) is 0 Å².